The molecule has 0 heterocycles. The third kappa shape index (κ3) is 3.17. The molecule has 1 saturated carbocycles. The van der Waals surface area contributed by atoms with Crippen molar-refractivity contribution in [1.29, 1.82) is 0 Å². The molecule has 0 spiro atoms. The zero-order valence-electron chi connectivity index (χ0n) is 11.0. The van der Waals surface area contributed by atoms with E-state index < -0.39 is 43.0 Å². The number of rotatable bonds is 3. The minimum Gasteiger partial charge on any atom is -0.349 e. The van der Waals surface area contributed by atoms with Crippen LogP contribution in [0.2, 0.25) is 5.02 Å². The quantitative estimate of drug-likeness (QED) is 0.823. The van der Waals surface area contributed by atoms with Crippen LogP contribution in [0.15, 0.2) is 11.0 Å². The van der Waals surface area contributed by atoms with Crippen molar-refractivity contribution in [2.24, 2.45) is 11.1 Å². The second kappa shape index (κ2) is 5.51. The highest BCUT2D eigenvalue weighted by atomic mass is 35.5. The fourth-order valence-corrected chi connectivity index (χ4v) is 3.53. The second-order valence-corrected chi connectivity index (χ2v) is 7.03. The Hall–Kier alpha value is -1.25. The number of benzene rings is 1. The Morgan fingerprint density at radius 3 is 2.48 bits per heavy atom. The molecule has 1 aliphatic carbocycles. The first-order chi connectivity index (χ1) is 9.61. The largest absolute Gasteiger partial charge is 0.349 e. The van der Waals surface area contributed by atoms with Crippen LogP contribution in [-0.2, 0) is 10.0 Å². The Morgan fingerprint density at radius 2 is 2.00 bits per heavy atom. The Morgan fingerprint density at radius 1 is 1.43 bits per heavy atom. The van der Waals surface area contributed by atoms with Crippen molar-refractivity contribution in [2.45, 2.75) is 30.7 Å². The van der Waals surface area contributed by atoms with Crippen molar-refractivity contribution < 1.29 is 22.0 Å². The van der Waals surface area contributed by atoms with Crippen LogP contribution in [0.25, 0.3) is 0 Å². The molecule has 1 aromatic rings. The van der Waals surface area contributed by atoms with Gasteiger partial charge in [0.1, 0.15) is 4.90 Å². The molecule has 0 unspecified atom stereocenters. The van der Waals surface area contributed by atoms with Gasteiger partial charge in [-0.3, -0.25) is 4.79 Å². The molecule has 116 valence electrons. The number of primary sulfonamides is 1. The van der Waals surface area contributed by atoms with Gasteiger partial charge >= 0.3 is 0 Å². The summed E-state index contributed by atoms with van der Waals surface area (Å²) in [4.78, 5) is 10.8. The van der Waals surface area contributed by atoms with E-state index in [1.165, 1.54) is 0 Å². The molecule has 3 N–H and O–H groups in total. The van der Waals surface area contributed by atoms with Crippen molar-refractivity contribution in [3.63, 3.8) is 0 Å². The van der Waals surface area contributed by atoms with E-state index in [1.54, 1.807) is 0 Å². The third-order valence-electron chi connectivity index (χ3n) is 3.35. The second-order valence-electron chi connectivity index (χ2n) is 5.16. The van der Waals surface area contributed by atoms with Crippen molar-refractivity contribution in [3.05, 3.63) is 28.3 Å². The molecular weight excluding hydrogens is 326 g/mol. The molecule has 21 heavy (non-hydrogen) atoms. The van der Waals surface area contributed by atoms with E-state index in [0.29, 0.717) is 12.0 Å². The van der Waals surface area contributed by atoms with Crippen LogP contribution in [0.1, 0.15) is 30.1 Å². The van der Waals surface area contributed by atoms with Gasteiger partial charge < -0.3 is 5.32 Å². The number of carbonyl (C=O) groups is 1. The summed E-state index contributed by atoms with van der Waals surface area (Å²) in [7, 11) is -4.60. The molecule has 0 aliphatic heterocycles. The Balaban J connectivity index is 2.40. The number of amides is 1. The molecule has 9 heteroatoms. The van der Waals surface area contributed by atoms with Crippen LogP contribution in [0.4, 0.5) is 8.78 Å². The zero-order chi connectivity index (χ0) is 15.9. The molecule has 2 rings (SSSR count). The molecular formula is C12H13ClF2N2O3S. The van der Waals surface area contributed by atoms with Gasteiger partial charge in [-0.15, -0.1) is 0 Å². The Bertz CT molecular complexity index is 703. The summed E-state index contributed by atoms with van der Waals surface area (Å²) in [6, 6.07) is 0.471. The van der Waals surface area contributed by atoms with Crippen LogP contribution in [0, 0.1) is 17.6 Å². The number of nitrogens with one attached hydrogen (secondary N) is 1. The van der Waals surface area contributed by atoms with Crippen LogP contribution < -0.4 is 10.5 Å². The van der Waals surface area contributed by atoms with Crippen molar-refractivity contribution >= 4 is 27.5 Å². The van der Waals surface area contributed by atoms with Gasteiger partial charge in [0, 0.05) is 6.04 Å². The van der Waals surface area contributed by atoms with E-state index in [-0.39, 0.29) is 6.04 Å². The first-order valence-corrected chi connectivity index (χ1v) is 8.04. The number of carbonyl (C=O) groups excluding carboxylic acids is 1. The predicted octanol–water partition coefficient (Wildman–Crippen LogP) is 1.79. The third-order valence-corrected chi connectivity index (χ3v) is 4.81. The molecule has 1 fully saturated rings. The average molecular weight is 339 g/mol. The number of halogens is 3. The summed E-state index contributed by atoms with van der Waals surface area (Å²) in [5.74, 6) is -3.50. The topological polar surface area (TPSA) is 89.3 Å². The van der Waals surface area contributed by atoms with E-state index in [0.717, 1.165) is 12.8 Å². The summed E-state index contributed by atoms with van der Waals surface area (Å²) in [6.45, 7) is 2.01. The highest BCUT2D eigenvalue weighted by Gasteiger charge is 2.31. The van der Waals surface area contributed by atoms with Crippen LogP contribution >= 0.6 is 11.6 Å². The maximum absolute atomic E-state index is 13.5. The number of hydrogen-bond donors (Lipinski definition) is 2. The highest BCUT2D eigenvalue weighted by molar-refractivity contribution is 7.89. The van der Waals surface area contributed by atoms with Crippen molar-refractivity contribution in [3.8, 4) is 0 Å². The normalized spacial score (nSPS) is 21.8. The summed E-state index contributed by atoms with van der Waals surface area (Å²) in [6.07, 6.45) is 1.52. The lowest BCUT2D eigenvalue weighted by Crippen LogP contribution is -2.43. The monoisotopic (exact) mass is 338 g/mol. The van der Waals surface area contributed by atoms with Gasteiger partial charge in [0.05, 0.1) is 10.6 Å². The van der Waals surface area contributed by atoms with Gasteiger partial charge in [-0.1, -0.05) is 18.5 Å². The average Bonchev–Trinajstić information content (AvgIpc) is 2.30. The number of hydrogen-bond acceptors (Lipinski definition) is 3. The van der Waals surface area contributed by atoms with Crippen molar-refractivity contribution in [2.75, 3.05) is 0 Å². The minimum atomic E-state index is -4.60. The first kappa shape index (κ1) is 16.1. The summed E-state index contributed by atoms with van der Waals surface area (Å²) < 4.78 is 49.6. The van der Waals surface area contributed by atoms with E-state index >= 15 is 0 Å². The van der Waals surface area contributed by atoms with Crippen molar-refractivity contribution in [1.82, 2.24) is 5.32 Å². The lowest BCUT2D eigenvalue weighted by Gasteiger charge is -2.33. The Labute approximate surface area is 125 Å². The van der Waals surface area contributed by atoms with E-state index in [9.17, 15) is 22.0 Å². The van der Waals surface area contributed by atoms with E-state index in [2.05, 4.69) is 5.32 Å². The Kier molecular flexibility index (Phi) is 4.23. The molecule has 1 aliphatic rings. The van der Waals surface area contributed by atoms with E-state index in [4.69, 9.17) is 16.7 Å². The lowest BCUT2D eigenvalue weighted by atomic mass is 9.82. The summed E-state index contributed by atoms with van der Waals surface area (Å²) in [5.41, 5.74) is -0.459. The van der Waals surface area contributed by atoms with Gasteiger partial charge in [-0.2, -0.15) is 0 Å². The van der Waals surface area contributed by atoms with Crippen LogP contribution in [-0.4, -0.2) is 20.4 Å². The molecule has 0 aromatic heterocycles. The van der Waals surface area contributed by atoms with Crippen LogP contribution in [0.3, 0.4) is 0 Å². The fraction of sp³-hybridized carbons (Fsp3) is 0.417. The molecule has 1 aromatic carbocycles. The molecule has 0 atom stereocenters. The lowest BCUT2D eigenvalue weighted by molar-refractivity contribution is 0.0895. The van der Waals surface area contributed by atoms with Gasteiger partial charge in [-0.05, 0) is 24.8 Å². The number of nitrogens with two attached hydrogens (primary N) is 1. The first-order valence-electron chi connectivity index (χ1n) is 6.12. The molecule has 0 saturated heterocycles. The highest BCUT2D eigenvalue weighted by Crippen LogP contribution is 2.31. The molecule has 0 bridgehead atoms. The van der Waals surface area contributed by atoms with Gasteiger partial charge in [0.2, 0.25) is 10.0 Å². The van der Waals surface area contributed by atoms with Crippen LogP contribution in [0.5, 0.6) is 0 Å². The summed E-state index contributed by atoms with van der Waals surface area (Å²) in [5, 5.41) is 6.66. The molecule has 5 nitrogen and oxygen atoms in total. The fourth-order valence-electron chi connectivity index (χ4n) is 2.28. The SMILES string of the molecule is CC1CC(NC(=O)c2cc(F)c(F)c(S(N)(=O)=O)c2Cl)C1. The predicted molar refractivity (Wildman–Crippen MR) is 72.4 cm³/mol. The maximum atomic E-state index is 13.5. The van der Waals surface area contributed by atoms with Gasteiger partial charge in [0.25, 0.3) is 5.91 Å². The summed E-state index contributed by atoms with van der Waals surface area (Å²) >= 11 is 5.71. The van der Waals surface area contributed by atoms with E-state index in [1.807, 2.05) is 6.92 Å². The minimum absolute atomic E-state index is 0.0883. The molecule has 0 radical (unpaired) electrons. The zero-order valence-corrected chi connectivity index (χ0v) is 12.6. The number of sulfonamides is 1. The van der Waals surface area contributed by atoms with Gasteiger partial charge in [-0.25, -0.2) is 22.3 Å². The van der Waals surface area contributed by atoms with Gasteiger partial charge in [0.15, 0.2) is 11.6 Å². The maximum Gasteiger partial charge on any atom is 0.253 e. The molecule has 1 amide bonds. The smallest absolute Gasteiger partial charge is 0.253 e. The standard InChI is InChI=1S/C12H13ClF2N2O3S/c1-5-2-6(3-5)17-12(18)7-4-8(14)10(15)11(9(7)13)21(16,19)20/h4-6H,2-3H2,1H3,(H,17,18)(H2,16,19,20).